The Balaban J connectivity index is 2.64. The monoisotopic (exact) mass is 197 g/mol. The first-order chi connectivity index (χ1) is 6.69. The molecule has 0 aromatic carbocycles. The first-order valence-corrected chi connectivity index (χ1v) is 4.52. The van der Waals surface area contributed by atoms with E-state index in [4.69, 9.17) is 5.11 Å². The van der Waals surface area contributed by atoms with Crippen molar-refractivity contribution >= 4 is 5.91 Å². The number of carbonyl (C=O) groups is 1. The van der Waals surface area contributed by atoms with Crippen LogP contribution in [-0.2, 0) is 17.9 Å². The summed E-state index contributed by atoms with van der Waals surface area (Å²) in [6.45, 7) is 2.74. The zero-order valence-corrected chi connectivity index (χ0v) is 8.47. The van der Waals surface area contributed by atoms with Crippen LogP contribution in [0.4, 0.5) is 0 Å². The molecule has 0 saturated carbocycles. The lowest BCUT2D eigenvalue weighted by Crippen LogP contribution is -2.30. The maximum atomic E-state index is 11.5. The minimum absolute atomic E-state index is 0.0141. The van der Waals surface area contributed by atoms with Crippen molar-refractivity contribution in [2.45, 2.75) is 20.1 Å². The standard InChI is InChI=1S/C9H15N3O2/c1-3-11(2)9(14)5-12-7-10-4-8(12)6-13/h4,7,13H,3,5-6H2,1-2H3. The molecular weight excluding hydrogens is 182 g/mol. The first kappa shape index (κ1) is 10.7. The molecule has 5 nitrogen and oxygen atoms in total. The number of carbonyl (C=O) groups excluding carboxylic acids is 1. The third-order valence-corrected chi connectivity index (χ3v) is 2.17. The van der Waals surface area contributed by atoms with Crippen molar-refractivity contribution < 1.29 is 9.90 Å². The van der Waals surface area contributed by atoms with Crippen LogP contribution < -0.4 is 0 Å². The van der Waals surface area contributed by atoms with Crippen LogP contribution in [0, 0.1) is 0 Å². The Morgan fingerprint density at radius 1 is 1.71 bits per heavy atom. The van der Waals surface area contributed by atoms with Gasteiger partial charge in [-0.2, -0.15) is 0 Å². The summed E-state index contributed by atoms with van der Waals surface area (Å²) in [5.74, 6) is 0.0141. The fourth-order valence-electron chi connectivity index (χ4n) is 1.06. The van der Waals surface area contributed by atoms with Crippen molar-refractivity contribution in [3.05, 3.63) is 18.2 Å². The molecule has 0 radical (unpaired) electrons. The Labute approximate surface area is 83.0 Å². The summed E-state index contributed by atoms with van der Waals surface area (Å²) in [4.78, 5) is 17.0. The molecule has 0 atom stereocenters. The van der Waals surface area contributed by atoms with Crippen LogP contribution in [0.3, 0.4) is 0 Å². The fourth-order valence-corrected chi connectivity index (χ4v) is 1.06. The van der Waals surface area contributed by atoms with Gasteiger partial charge in [-0.25, -0.2) is 4.98 Å². The average Bonchev–Trinajstić information content (AvgIpc) is 2.63. The predicted molar refractivity (Wildman–Crippen MR) is 51.5 cm³/mol. The molecule has 0 aliphatic carbocycles. The molecule has 0 unspecified atom stereocenters. The van der Waals surface area contributed by atoms with Gasteiger partial charge in [0, 0.05) is 13.6 Å². The largest absolute Gasteiger partial charge is 0.390 e. The third kappa shape index (κ3) is 2.32. The Morgan fingerprint density at radius 2 is 2.43 bits per heavy atom. The number of amides is 1. The van der Waals surface area contributed by atoms with Gasteiger partial charge in [0.2, 0.25) is 5.91 Å². The van der Waals surface area contributed by atoms with Crippen LogP contribution in [0.15, 0.2) is 12.5 Å². The summed E-state index contributed by atoms with van der Waals surface area (Å²) in [7, 11) is 1.75. The molecule has 0 spiro atoms. The van der Waals surface area contributed by atoms with Gasteiger partial charge in [0.15, 0.2) is 0 Å². The second-order valence-electron chi connectivity index (χ2n) is 3.08. The van der Waals surface area contributed by atoms with E-state index in [0.717, 1.165) is 0 Å². The van der Waals surface area contributed by atoms with Crippen LogP contribution in [-0.4, -0.2) is 39.1 Å². The summed E-state index contributed by atoms with van der Waals surface area (Å²) < 4.78 is 1.65. The number of aliphatic hydroxyl groups is 1. The molecule has 14 heavy (non-hydrogen) atoms. The second kappa shape index (κ2) is 4.76. The van der Waals surface area contributed by atoms with E-state index in [2.05, 4.69) is 4.98 Å². The molecule has 0 aliphatic rings. The SMILES string of the molecule is CCN(C)C(=O)Cn1cncc1CO. The molecule has 0 fully saturated rings. The summed E-state index contributed by atoms with van der Waals surface area (Å²) >= 11 is 0. The van der Waals surface area contributed by atoms with Crippen molar-refractivity contribution in [2.24, 2.45) is 0 Å². The summed E-state index contributed by atoms with van der Waals surface area (Å²) in [5.41, 5.74) is 0.655. The van der Waals surface area contributed by atoms with Gasteiger partial charge < -0.3 is 14.6 Å². The van der Waals surface area contributed by atoms with Crippen molar-refractivity contribution in [2.75, 3.05) is 13.6 Å². The lowest BCUT2D eigenvalue weighted by Gasteiger charge is -2.15. The lowest BCUT2D eigenvalue weighted by atomic mass is 10.4. The first-order valence-electron chi connectivity index (χ1n) is 4.52. The molecule has 1 heterocycles. The average molecular weight is 197 g/mol. The molecule has 78 valence electrons. The van der Waals surface area contributed by atoms with E-state index >= 15 is 0 Å². The van der Waals surface area contributed by atoms with Crippen LogP contribution in [0.2, 0.25) is 0 Å². The number of aliphatic hydroxyl groups excluding tert-OH is 1. The Kier molecular flexibility index (Phi) is 3.64. The molecular formula is C9H15N3O2. The van der Waals surface area contributed by atoms with Crippen molar-refractivity contribution in [3.8, 4) is 0 Å². The second-order valence-corrected chi connectivity index (χ2v) is 3.08. The van der Waals surface area contributed by atoms with E-state index in [1.807, 2.05) is 6.92 Å². The highest BCUT2D eigenvalue weighted by molar-refractivity contribution is 5.75. The highest BCUT2D eigenvalue weighted by Gasteiger charge is 2.09. The Morgan fingerprint density at radius 3 is 3.00 bits per heavy atom. The number of likely N-dealkylation sites (N-methyl/N-ethyl adjacent to an activating group) is 1. The van der Waals surface area contributed by atoms with Crippen molar-refractivity contribution in [3.63, 3.8) is 0 Å². The van der Waals surface area contributed by atoms with E-state index in [1.54, 1.807) is 29.0 Å². The molecule has 1 N–H and O–H groups in total. The summed E-state index contributed by atoms with van der Waals surface area (Å²) in [5, 5.41) is 8.93. The van der Waals surface area contributed by atoms with Crippen molar-refractivity contribution in [1.29, 1.82) is 0 Å². The zero-order valence-electron chi connectivity index (χ0n) is 8.47. The van der Waals surface area contributed by atoms with Gasteiger partial charge in [-0.05, 0) is 6.92 Å². The topological polar surface area (TPSA) is 58.4 Å². The molecule has 1 amide bonds. The summed E-state index contributed by atoms with van der Waals surface area (Å²) in [6.07, 6.45) is 3.10. The smallest absolute Gasteiger partial charge is 0.242 e. The Hall–Kier alpha value is -1.36. The van der Waals surface area contributed by atoms with Gasteiger partial charge in [-0.3, -0.25) is 4.79 Å². The van der Waals surface area contributed by atoms with E-state index in [-0.39, 0.29) is 19.1 Å². The van der Waals surface area contributed by atoms with Gasteiger partial charge in [0.05, 0.1) is 24.8 Å². The van der Waals surface area contributed by atoms with Crippen molar-refractivity contribution in [1.82, 2.24) is 14.5 Å². The fraction of sp³-hybridized carbons (Fsp3) is 0.556. The minimum atomic E-state index is -0.0941. The number of aromatic nitrogens is 2. The molecule has 1 aromatic heterocycles. The normalized spacial score (nSPS) is 10.2. The molecule has 1 rings (SSSR count). The van der Waals surface area contributed by atoms with Gasteiger partial charge in [0.1, 0.15) is 6.54 Å². The van der Waals surface area contributed by atoms with Crippen LogP contribution in [0.1, 0.15) is 12.6 Å². The maximum Gasteiger partial charge on any atom is 0.242 e. The Bertz CT molecular complexity index is 309. The lowest BCUT2D eigenvalue weighted by molar-refractivity contribution is -0.130. The highest BCUT2D eigenvalue weighted by atomic mass is 16.3. The van der Waals surface area contributed by atoms with Gasteiger partial charge in [0.25, 0.3) is 0 Å². The molecule has 1 aromatic rings. The molecule has 0 aliphatic heterocycles. The molecule has 0 saturated heterocycles. The zero-order chi connectivity index (χ0) is 10.6. The number of nitrogens with zero attached hydrogens (tertiary/aromatic N) is 3. The van der Waals surface area contributed by atoms with E-state index in [1.165, 1.54) is 0 Å². The van der Waals surface area contributed by atoms with Gasteiger partial charge in [-0.1, -0.05) is 0 Å². The minimum Gasteiger partial charge on any atom is -0.390 e. The van der Waals surface area contributed by atoms with Crippen LogP contribution in [0.25, 0.3) is 0 Å². The maximum absolute atomic E-state index is 11.5. The number of hydrogen-bond acceptors (Lipinski definition) is 3. The number of hydrogen-bond donors (Lipinski definition) is 1. The quantitative estimate of drug-likeness (QED) is 0.730. The van der Waals surface area contributed by atoms with Crippen LogP contribution >= 0.6 is 0 Å². The van der Waals surface area contributed by atoms with E-state index in [9.17, 15) is 4.79 Å². The van der Waals surface area contributed by atoms with Gasteiger partial charge >= 0.3 is 0 Å². The van der Waals surface area contributed by atoms with Crippen LogP contribution in [0.5, 0.6) is 0 Å². The predicted octanol–water partition coefficient (Wildman–Crippen LogP) is -0.146. The highest BCUT2D eigenvalue weighted by Crippen LogP contribution is 1.99. The molecule has 0 bridgehead atoms. The van der Waals surface area contributed by atoms with E-state index < -0.39 is 0 Å². The number of rotatable bonds is 4. The third-order valence-electron chi connectivity index (χ3n) is 2.17. The van der Waals surface area contributed by atoms with Gasteiger partial charge in [-0.15, -0.1) is 0 Å². The van der Waals surface area contributed by atoms with E-state index in [0.29, 0.717) is 12.2 Å². The number of imidazole rings is 1. The summed E-state index contributed by atoms with van der Waals surface area (Å²) in [6, 6.07) is 0. The molecule has 5 heteroatoms.